The maximum Gasteiger partial charge on any atom is 0.275 e. The van der Waals surface area contributed by atoms with Gasteiger partial charge in [-0.15, -0.1) is 0 Å². The summed E-state index contributed by atoms with van der Waals surface area (Å²) in [6.45, 7) is 6.74. The Labute approximate surface area is 138 Å². The van der Waals surface area contributed by atoms with Crippen molar-refractivity contribution in [3.05, 3.63) is 24.3 Å². The van der Waals surface area contributed by atoms with E-state index in [9.17, 15) is 4.79 Å². The molecule has 1 aliphatic heterocycles. The Morgan fingerprint density at radius 1 is 1.30 bits per heavy atom. The molecular weight excluding hydrogens is 290 g/mol. The van der Waals surface area contributed by atoms with Gasteiger partial charge in [0.2, 0.25) is 0 Å². The Hall–Kier alpha value is -1.75. The molecule has 1 atom stereocenters. The molecule has 2 N–H and O–H groups in total. The van der Waals surface area contributed by atoms with Gasteiger partial charge in [-0.05, 0) is 49.9 Å². The van der Waals surface area contributed by atoms with Crippen LogP contribution in [-0.2, 0) is 4.79 Å². The van der Waals surface area contributed by atoms with Crippen molar-refractivity contribution in [1.29, 1.82) is 0 Å². The fourth-order valence-corrected chi connectivity index (χ4v) is 3.30. The minimum atomic E-state index is 0.206. The van der Waals surface area contributed by atoms with Gasteiger partial charge in [0.25, 0.3) is 5.91 Å². The number of rotatable bonds is 6. The number of ether oxygens (including phenoxy) is 1. The Morgan fingerprint density at radius 3 is 2.52 bits per heavy atom. The maximum absolute atomic E-state index is 12.1. The van der Waals surface area contributed by atoms with Crippen LogP contribution < -0.4 is 19.9 Å². The summed E-state index contributed by atoms with van der Waals surface area (Å²) in [5, 5.41) is 3.16. The van der Waals surface area contributed by atoms with Gasteiger partial charge in [0.15, 0.2) is 6.54 Å². The largest absolute Gasteiger partial charge is 0.497 e. The maximum atomic E-state index is 12.1. The summed E-state index contributed by atoms with van der Waals surface area (Å²) in [5.74, 6) is 1.82. The lowest BCUT2D eigenvalue weighted by atomic mass is 10.2. The SMILES string of the molecule is COc1ccc(N2CC[NH+](CC(=O)N[C@H](C)C3CC3)CC2)cc1. The molecule has 1 aromatic carbocycles. The monoisotopic (exact) mass is 318 g/mol. The van der Waals surface area contributed by atoms with Crippen LogP contribution in [0.25, 0.3) is 0 Å². The number of piperazine rings is 1. The number of benzene rings is 1. The summed E-state index contributed by atoms with van der Waals surface area (Å²) in [5.41, 5.74) is 1.23. The third kappa shape index (κ3) is 4.38. The van der Waals surface area contributed by atoms with E-state index in [-0.39, 0.29) is 5.91 Å². The lowest BCUT2D eigenvalue weighted by Gasteiger charge is -2.33. The van der Waals surface area contributed by atoms with E-state index in [1.807, 2.05) is 12.1 Å². The second-order valence-corrected chi connectivity index (χ2v) is 6.81. The average molecular weight is 318 g/mol. The average Bonchev–Trinajstić information content (AvgIpc) is 3.40. The number of carbonyl (C=O) groups excluding carboxylic acids is 1. The lowest BCUT2D eigenvalue weighted by Crippen LogP contribution is -3.16. The number of nitrogens with zero attached hydrogens (tertiary/aromatic N) is 1. The number of hydrogen-bond acceptors (Lipinski definition) is 3. The molecule has 1 saturated heterocycles. The first-order valence-corrected chi connectivity index (χ1v) is 8.67. The molecule has 2 aliphatic rings. The summed E-state index contributed by atoms with van der Waals surface area (Å²) in [6.07, 6.45) is 2.55. The molecule has 0 aromatic heterocycles. The Morgan fingerprint density at radius 2 is 1.96 bits per heavy atom. The molecular formula is C18H28N3O2+. The first-order valence-electron chi connectivity index (χ1n) is 8.67. The third-order valence-electron chi connectivity index (χ3n) is 5.04. The van der Waals surface area contributed by atoms with Gasteiger partial charge >= 0.3 is 0 Å². The summed E-state index contributed by atoms with van der Waals surface area (Å²) >= 11 is 0. The van der Waals surface area contributed by atoms with Gasteiger partial charge in [-0.3, -0.25) is 4.79 Å². The molecule has 5 nitrogen and oxygen atoms in total. The topological polar surface area (TPSA) is 46.0 Å². The van der Waals surface area contributed by atoms with E-state index in [1.54, 1.807) is 7.11 Å². The van der Waals surface area contributed by atoms with Crippen molar-refractivity contribution < 1.29 is 14.4 Å². The number of quaternary nitrogens is 1. The minimum Gasteiger partial charge on any atom is -0.497 e. The van der Waals surface area contributed by atoms with Gasteiger partial charge in [0.1, 0.15) is 5.75 Å². The van der Waals surface area contributed by atoms with E-state index in [0.717, 1.165) is 37.8 Å². The fraction of sp³-hybridized carbons (Fsp3) is 0.611. The molecule has 3 rings (SSSR count). The second kappa shape index (κ2) is 7.21. The molecule has 126 valence electrons. The van der Waals surface area contributed by atoms with Crippen LogP contribution in [0, 0.1) is 5.92 Å². The zero-order chi connectivity index (χ0) is 16.2. The molecule has 0 radical (unpaired) electrons. The number of hydrogen-bond donors (Lipinski definition) is 2. The van der Waals surface area contributed by atoms with E-state index < -0.39 is 0 Å². The highest BCUT2D eigenvalue weighted by molar-refractivity contribution is 5.77. The molecule has 1 heterocycles. The van der Waals surface area contributed by atoms with Crippen molar-refractivity contribution in [1.82, 2.24) is 5.32 Å². The van der Waals surface area contributed by atoms with Crippen molar-refractivity contribution in [3.63, 3.8) is 0 Å². The summed E-state index contributed by atoms with van der Waals surface area (Å²) in [4.78, 5) is 15.9. The molecule has 1 saturated carbocycles. The fourth-order valence-electron chi connectivity index (χ4n) is 3.30. The van der Waals surface area contributed by atoms with Gasteiger partial charge in [-0.1, -0.05) is 0 Å². The number of nitrogens with one attached hydrogen (secondary N) is 2. The highest BCUT2D eigenvalue weighted by atomic mass is 16.5. The lowest BCUT2D eigenvalue weighted by molar-refractivity contribution is -0.892. The molecule has 0 bridgehead atoms. The van der Waals surface area contributed by atoms with Gasteiger partial charge in [-0.2, -0.15) is 0 Å². The Kier molecular flexibility index (Phi) is 5.06. The Balaban J connectivity index is 1.43. The third-order valence-corrected chi connectivity index (χ3v) is 5.04. The standard InChI is InChI=1S/C18H27N3O2/c1-14(15-3-4-15)19-18(22)13-20-9-11-21(12-10-20)16-5-7-17(23-2)8-6-16/h5-8,14-15H,3-4,9-13H2,1-2H3,(H,19,22)/p+1/t14-/m1/s1. The van der Waals surface area contributed by atoms with Gasteiger partial charge in [0.05, 0.1) is 33.3 Å². The normalized spacial score (nSPS) is 20.2. The van der Waals surface area contributed by atoms with Crippen LogP contribution in [0.5, 0.6) is 5.75 Å². The van der Waals surface area contributed by atoms with Crippen LogP contribution >= 0.6 is 0 Å². The minimum absolute atomic E-state index is 0.206. The van der Waals surface area contributed by atoms with Crippen molar-refractivity contribution >= 4 is 11.6 Å². The number of amides is 1. The van der Waals surface area contributed by atoms with Crippen molar-refractivity contribution in [3.8, 4) is 5.75 Å². The van der Waals surface area contributed by atoms with E-state index in [1.165, 1.54) is 23.4 Å². The zero-order valence-electron chi connectivity index (χ0n) is 14.2. The van der Waals surface area contributed by atoms with E-state index >= 15 is 0 Å². The van der Waals surface area contributed by atoms with Crippen molar-refractivity contribution in [2.75, 3.05) is 44.7 Å². The number of carbonyl (C=O) groups is 1. The van der Waals surface area contributed by atoms with Gasteiger partial charge < -0.3 is 19.9 Å². The quantitative estimate of drug-likeness (QED) is 0.794. The first-order chi connectivity index (χ1) is 11.2. The molecule has 1 aliphatic carbocycles. The predicted molar refractivity (Wildman–Crippen MR) is 91.1 cm³/mol. The van der Waals surface area contributed by atoms with Crippen LogP contribution in [0.2, 0.25) is 0 Å². The molecule has 1 aromatic rings. The molecule has 1 amide bonds. The molecule has 2 fully saturated rings. The van der Waals surface area contributed by atoms with Crippen LogP contribution in [0.3, 0.4) is 0 Å². The van der Waals surface area contributed by atoms with E-state index in [4.69, 9.17) is 4.74 Å². The van der Waals surface area contributed by atoms with Crippen molar-refractivity contribution in [2.24, 2.45) is 5.92 Å². The van der Waals surface area contributed by atoms with Gasteiger partial charge in [-0.25, -0.2) is 0 Å². The first kappa shape index (κ1) is 16.1. The molecule has 5 heteroatoms. The highest BCUT2D eigenvalue weighted by Crippen LogP contribution is 2.32. The number of anilines is 1. The van der Waals surface area contributed by atoms with Crippen LogP contribution in [0.15, 0.2) is 24.3 Å². The van der Waals surface area contributed by atoms with Crippen LogP contribution in [0.4, 0.5) is 5.69 Å². The number of methoxy groups -OCH3 is 1. The summed E-state index contributed by atoms with van der Waals surface area (Å²) in [7, 11) is 1.69. The summed E-state index contributed by atoms with van der Waals surface area (Å²) in [6, 6.07) is 8.56. The summed E-state index contributed by atoms with van der Waals surface area (Å²) < 4.78 is 5.20. The highest BCUT2D eigenvalue weighted by Gasteiger charge is 2.30. The van der Waals surface area contributed by atoms with Gasteiger partial charge in [0, 0.05) is 11.7 Å². The van der Waals surface area contributed by atoms with E-state index in [2.05, 4.69) is 29.3 Å². The van der Waals surface area contributed by atoms with Crippen LogP contribution in [0.1, 0.15) is 19.8 Å². The second-order valence-electron chi connectivity index (χ2n) is 6.81. The smallest absolute Gasteiger partial charge is 0.275 e. The molecule has 0 spiro atoms. The molecule has 0 unspecified atom stereocenters. The molecule has 23 heavy (non-hydrogen) atoms. The van der Waals surface area contributed by atoms with E-state index in [0.29, 0.717) is 12.6 Å². The predicted octanol–water partition coefficient (Wildman–Crippen LogP) is 0.315. The van der Waals surface area contributed by atoms with Crippen LogP contribution in [-0.4, -0.2) is 51.8 Å². The van der Waals surface area contributed by atoms with Crippen molar-refractivity contribution in [2.45, 2.75) is 25.8 Å². The Bertz CT molecular complexity index is 520. The zero-order valence-corrected chi connectivity index (χ0v) is 14.2.